The average Bonchev–Trinajstić information content (AvgIpc) is 3.07. The van der Waals surface area contributed by atoms with E-state index in [1.165, 1.54) is 5.56 Å². The fraction of sp³-hybridized carbons (Fsp3) is 0.353. The third-order valence-corrected chi connectivity index (χ3v) is 7.86. The highest BCUT2D eigenvalue weighted by Gasteiger charge is 2.20. The number of hydrogen-bond donors (Lipinski definition) is 0. The lowest BCUT2D eigenvalue weighted by Gasteiger charge is -2.34. The van der Waals surface area contributed by atoms with E-state index in [-0.39, 0.29) is 0 Å². The van der Waals surface area contributed by atoms with Crippen LogP contribution in [0.5, 0.6) is 34.5 Å². The molecule has 0 aliphatic carbocycles. The molecule has 232 valence electrons. The molecule has 0 radical (unpaired) electrons. The molecule has 2 aromatic heterocycles. The number of piperazine rings is 1. The second kappa shape index (κ2) is 14.3. The summed E-state index contributed by atoms with van der Waals surface area (Å²) in [6, 6.07) is 14.2. The van der Waals surface area contributed by atoms with Gasteiger partial charge < -0.3 is 28.4 Å². The Balaban J connectivity index is 1.22. The summed E-state index contributed by atoms with van der Waals surface area (Å²) < 4.78 is 33.1. The summed E-state index contributed by atoms with van der Waals surface area (Å²) in [7, 11) is 9.69. The third-order valence-electron chi connectivity index (χ3n) is 7.86. The first-order chi connectivity index (χ1) is 21.5. The van der Waals surface area contributed by atoms with Crippen molar-refractivity contribution >= 4 is 0 Å². The van der Waals surface area contributed by atoms with Crippen molar-refractivity contribution in [1.29, 1.82) is 0 Å². The lowest BCUT2D eigenvalue weighted by molar-refractivity contribution is 0.122. The molecule has 3 heterocycles. The molecule has 10 nitrogen and oxygen atoms in total. The number of ether oxygens (including phenoxy) is 6. The van der Waals surface area contributed by atoms with Crippen LogP contribution in [0.25, 0.3) is 22.4 Å². The van der Waals surface area contributed by atoms with Gasteiger partial charge in [-0.2, -0.15) is 0 Å². The molecule has 2 aromatic carbocycles. The van der Waals surface area contributed by atoms with E-state index >= 15 is 0 Å². The van der Waals surface area contributed by atoms with Crippen LogP contribution in [0.15, 0.2) is 61.1 Å². The molecule has 0 N–H and O–H groups in total. The van der Waals surface area contributed by atoms with Crippen LogP contribution < -0.4 is 28.4 Å². The Labute approximate surface area is 259 Å². The molecular weight excluding hydrogens is 560 g/mol. The zero-order chi connectivity index (χ0) is 31.1. The van der Waals surface area contributed by atoms with Gasteiger partial charge in [0, 0.05) is 69.0 Å². The highest BCUT2D eigenvalue weighted by atomic mass is 16.5. The van der Waals surface area contributed by atoms with E-state index in [0.717, 1.165) is 67.2 Å². The van der Waals surface area contributed by atoms with Gasteiger partial charge in [0.05, 0.1) is 48.4 Å². The van der Waals surface area contributed by atoms with Crippen LogP contribution in [-0.4, -0.2) is 88.6 Å². The van der Waals surface area contributed by atoms with Gasteiger partial charge in [0.15, 0.2) is 23.0 Å². The second-order valence-corrected chi connectivity index (χ2v) is 10.5. The third kappa shape index (κ3) is 6.82. The van der Waals surface area contributed by atoms with Crippen LogP contribution in [0, 0.1) is 0 Å². The molecule has 0 amide bonds. The van der Waals surface area contributed by atoms with Gasteiger partial charge in [-0.25, -0.2) is 0 Å². The summed E-state index contributed by atoms with van der Waals surface area (Å²) in [5, 5.41) is 0. The Morgan fingerprint density at radius 3 is 1.55 bits per heavy atom. The normalized spacial score (nSPS) is 13.8. The highest BCUT2D eigenvalue weighted by molar-refractivity contribution is 5.71. The van der Waals surface area contributed by atoms with Gasteiger partial charge in [-0.05, 0) is 59.2 Å². The number of rotatable bonds is 12. The Bertz CT molecular complexity index is 1400. The van der Waals surface area contributed by atoms with Gasteiger partial charge in [0.25, 0.3) is 0 Å². The summed E-state index contributed by atoms with van der Waals surface area (Å²) in [5.41, 5.74) is 6.10. The molecule has 1 saturated heterocycles. The minimum atomic E-state index is 0.566. The van der Waals surface area contributed by atoms with Gasteiger partial charge >= 0.3 is 0 Å². The van der Waals surface area contributed by atoms with Crippen LogP contribution in [0.2, 0.25) is 0 Å². The standard InChI is InChI=1S/C34H40N4O6/c1-39-29-15-25(16-30(40-2)33(29)43-5)27-13-24(19-35-20-27)22-38-11-9-37(10-12-38)21-23-7-8-36-28(14-23)26-17-31(41-3)34(44-6)32(18-26)42-4/h7-8,13-20H,9-12,21-22H2,1-6H3. The summed E-state index contributed by atoms with van der Waals surface area (Å²) >= 11 is 0. The Morgan fingerprint density at radius 2 is 1.05 bits per heavy atom. The molecule has 0 spiro atoms. The SMILES string of the molecule is COc1cc(-c2cncc(CN3CCN(Cc4ccnc(-c5cc(OC)c(OC)c(OC)c5)c4)CC3)c2)cc(OC)c1OC. The van der Waals surface area contributed by atoms with E-state index < -0.39 is 0 Å². The molecule has 10 heteroatoms. The molecular formula is C34H40N4O6. The molecule has 0 bridgehead atoms. The van der Waals surface area contributed by atoms with Crippen LogP contribution in [0.4, 0.5) is 0 Å². The van der Waals surface area contributed by atoms with E-state index in [1.807, 2.05) is 42.9 Å². The Morgan fingerprint density at radius 1 is 0.545 bits per heavy atom. The summed E-state index contributed by atoms with van der Waals surface area (Å²) in [5.74, 6) is 3.59. The zero-order valence-corrected chi connectivity index (χ0v) is 26.3. The van der Waals surface area contributed by atoms with Gasteiger partial charge in [0.2, 0.25) is 11.5 Å². The quantitative estimate of drug-likeness (QED) is 0.217. The first-order valence-corrected chi connectivity index (χ1v) is 14.4. The van der Waals surface area contributed by atoms with Gasteiger partial charge in [-0.3, -0.25) is 19.8 Å². The fourth-order valence-corrected chi connectivity index (χ4v) is 5.56. The van der Waals surface area contributed by atoms with E-state index in [1.54, 1.807) is 42.7 Å². The summed E-state index contributed by atoms with van der Waals surface area (Å²) in [4.78, 5) is 14.1. The zero-order valence-electron chi connectivity index (χ0n) is 26.3. The molecule has 4 aromatic rings. The fourth-order valence-electron chi connectivity index (χ4n) is 5.56. The minimum Gasteiger partial charge on any atom is -0.493 e. The van der Waals surface area contributed by atoms with Gasteiger partial charge in [-0.15, -0.1) is 0 Å². The number of nitrogens with zero attached hydrogens (tertiary/aromatic N) is 4. The minimum absolute atomic E-state index is 0.566. The van der Waals surface area contributed by atoms with E-state index in [9.17, 15) is 0 Å². The van der Waals surface area contributed by atoms with E-state index in [4.69, 9.17) is 28.4 Å². The van der Waals surface area contributed by atoms with Crippen molar-refractivity contribution in [2.75, 3.05) is 68.8 Å². The maximum absolute atomic E-state index is 5.55. The summed E-state index contributed by atoms with van der Waals surface area (Å²) in [6.07, 6.45) is 5.66. The first-order valence-electron chi connectivity index (χ1n) is 14.4. The summed E-state index contributed by atoms with van der Waals surface area (Å²) in [6.45, 7) is 5.58. The molecule has 1 aliphatic rings. The largest absolute Gasteiger partial charge is 0.493 e. The lowest BCUT2D eigenvalue weighted by atomic mass is 10.0. The molecule has 5 rings (SSSR count). The molecule has 0 unspecified atom stereocenters. The molecule has 44 heavy (non-hydrogen) atoms. The van der Waals surface area contributed by atoms with Crippen molar-refractivity contribution < 1.29 is 28.4 Å². The van der Waals surface area contributed by atoms with Gasteiger partial charge in [-0.1, -0.05) is 0 Å². The lowest BCUT2D eigenvalue weighted by Crippen LogP contribution is -2.45. The first kappa shape index (κ1) is 30.9. The van der Waals surface area contributed by atoms with Crippen molar-refractivity contribution in [3.63, 3.8) is 0 Å². The highest BCUT2D eigenvalue weighted by Crippen LogP contribution is 2.42. The number of aromatic nitrogens is 2. The van der Waals surface area contributed by atoms with E-state index in [0.29, 0.717) is 34.5 Å². The number of benzene rings is 2. The monoisotopic (exact) mass is 600 g/mol. The smallest absolute Gasteiger partial charge is 0.203 e. The average molecular weight is 601 g/mol. The topological polar surface area (TPSA) is 87.6 Å². The Kier molecular flexibility index (Phi) is 10.0. The molecule has 0 atom stereocenters. The predicted molar refractivity (Wildman–Crippen MR) is 169 cm³/mol. The van der Waals surface area contributed by atoms with Crippen molar-refractivity contribution in [3.05, 3.63) is 72.2 Å². The van der Waals surface area contributed by atoms with Crippen molar-refractivity contribution in [1.82, 2.24) is 19.8 Å². The van der Waals surface area contributed by atoms with Crippen molar-refractivity contribution in [2.24, 2.45) is 0 Å². The van der Waals surface area contributed by atoms with Crippen LogP contribution in [-0.2, 0) is 13.1 Å². The predicted octanol–water partition coefficient (Wildman–Crippen LogP) is 5.18. The Hall–Kier alpha value is -4.54. The van der Waals surface area contributed by atoms with Crippen molar-refractivity contribution in [3.8, 4) is 56.9 Å². The van der Waals surface area contributed by atoms with E-state index in [2.05, 4.69) is 38.0 Å². The maximum atomic E-state index is 5.55. The van der Waals surface area contributed by atoms with Crippen LogP contribution in [0.3, 0.4) is 0 Å². The molecule has 1 fully saturated rings. The number of methoxy groups -OCH3 is 6. The van der Waals surface area contributed by atoms with Crippen LogP contribution >= 0.6 is 0 Å². The molecule has 0 saturated carbocycles. The number of hydrogen-bond acceptors (Lipinski definition) is 10. The maximum Gasteiger partial charge on any atom is 0.203 e. The van der Waals surface area contributed by atoms with Crippen molar-refractivity contribution in [2.45, 2.75) is 13.1 Å². The van der Waals surface area contributed by atoms with Crippen LogP contribution in [0.1, 0.15) is 11.1 Å². The molecule has 1 aliphatic heterocycles. The van der Waals surface area contributed by atoms with Gasteiger partial charge in [0.1, 0.15) is 0 Å². The second-order valence-electron chi connectivity index (χ2n) is 10.5. The number of pyridine rings is 2.